The molecule has 0 aliphatic heterocycles. The van der Waals surface area contributed by atoms with E-state index in [1.807, 2.05) is 13.8 Å². The van der Waals surface area contributed by atoms with Crippen molar-refractivity contribution in [3.63, 3.8) is 0 Å². The lowest BCUT2D eigenvalue weighted by Gasteiger charge is -2.16. The Morgan fingerprint density at radius 2 is 1.70 bits per heavy atom. The number of fused-ring (bicyclic) bond motifs is 1. The molecule has 37 heavy (non-hydrogen) atoms. The summed E-state index contributed by atoms with van der Waals surface area (Å²) in [6.45, 7) is 3.42. The number of thiophene rings is 1. The number of carbonyl (C=O) groups is 1. The molecule has 0 saturated carbocycles. The monoisotopic (exact) mass is 538 g/mol. The van der Waals surface area contributed by atoms with Crippen molar-refractivity contribution in [2.75, 3.05) is 14.2 Å². The van der Waals surface area contributed by atoms with Crippen molar-refractivity contribution in [2.24, 2.45) is 0 Å². The number of methoxy groups -OCH3 is 2. The van der Waals surface area contributed by atoms with E-state index >= 15 is 0 Å². The third kappa shape index (κ3) is 5.03. The number of ether oxygens (including phenoxy) is 3. The van der Waals surface area contributed by atoms with Crippen LogP contribution in [0.3, 0.4) is 0 Å². The molecule has 4 aromatic rings. The zero-order valence-electron chi connectivity index (χ0n) is 20.0. The van der Waals surface area contributed by atoms with Crippen LogP contribution in [0.15, 0.2) is 39.2 Å². The fourth-order valence-corrected chi connectivity index (χ4v) is 4.26. The van der Waals surface area contributed by atoms with Crippen LogP contribution < -0.4 is 25.5 Å². The van der Waals surface area contributed by atoms with Crippen LogP contribution >= 0.6 is 11.3 Å². The van der Waals surface area contributed by atoms with Gasteiger partial charge in [-0.25, -0.2) is 27.3 Å². The van der Waals surface area contributed by atoms with Gasteiger partial charge in [-0.3, -0.25) is 4.79 Å². The molecule has 196 valence electrons. The summed E-state index contributed by atoms with van der Waals surface area (Å²) in [6.07, 6.45) is 0. The van der Waals surface area contributed by atoms with Gasteiger partial charge in [0.05, 0.1) is 36.4 Å². The molecule has 0 saturated heterocycles. The average Bonchev–Trinajstić information content (AvgIpc) is 3.31. The Morgan fingerprint density at radius 3 is 2.32 bits per heavy atom. The van der Waals surface area contributed by atoms with Crippen molar-refractivity contribution in [2.45, 2.75) is 20.5 Å². The van der Waals surface area contributed by atoms with Crippen molar-refractivity contribution >= 4 is 28.2 Å². The Hall–Kier alpha value is -4.26. The van der Waals surface area contributed by atoms with Crippen LogP contribution in [0.4, 0.5) is 13.2 Å². The fourth-order valence-electron chi connectivity index (χ4n) is 3.43. The quantitative estimate of drug-likeness (QED) is 0.356. The molecule has 2 heterocycles. The highest BCUT2D eigenvalue weighted by molar-refractivity contribution is 7.13. The summed E-state index contributed by atoms with van der Waals surface area (Å²) in [5, 5.41) is 10.3. The summed E-state index contributed by atoms with van der Waals surface area (Å²) in [5.41, 5.74) is -2.98. The van der Waals surface area contributed by atoms with Gasteiger partial charge >= 0.3 is 11.7 Å². The molecule has 0 aliphatic carbocycles. The van der Waals surface area contributed by atoms with E-state index in [-0.39, 0.29) is 38.6 Å². The number of halogens is 3. The van der Waals surface area contributed by atoms with Gasteiger partial charge in [-0.2, -0.15) is 0 Å². The molecule has 0 spiro atoms. The lowest BCUT2D eigenvalue weighted by atomic mass is 10.2. The van der Waals surface area contributed by atoms with Crippen LogP contribution in [0.2, 0.25) is 0 Å². The van der Waals surface area contributed by atoms with Crippen LogP contribution in [0.5, 0.6) is 17.2 Å². The van der Waals surface area contributed by atoms with E-state index in [4.69, 9.17) is 14.2 Å². The highest BCUT2D eigenvalue weighted by atomic mass is 32.1. The first-order valence-corrected chi connectivity index (χ1v) is 11.6. The van der Waals surface area contributed by atoms with Gasteiger partial charge in [-0.15, -0.1) is 11.3 Å². The van der Waals surface area contributed by atoms with Gasteiger partial charge in [0.2, 0.25) is 0 Å². The van der Waals surface area contributed by atoms with Crippen molar-refractivity contribution in [3.05, 3.63) is 78.4 Å². The summed E-state index contributed by atoms with van der Waals surface area (Å²) in [7, 11) is 2.44. The smallest absolute Gasteiger partial charge is 0.346 e. The Kier molecular flexibility index (Phi) is 8.28. The van der Waals surface area contributed by atoms with E-state index < -0.39 is 47.0 Å². The number of rotatable bonds is 7. The summed E-state index contributed by atoms with van der Waals surface area (Å²) in [4.78, 5) is 39.1. The van der Waals surface area contributed by atoms with Gasteiger partial charge in [0, 0.05) is 17.5 Å². The molecule has 13 heteroatoms. The van der Waals surface area contributed by atoms with Crippen molar-refractivity contribution in [1.29, 1.82) is 0 Å². The summed E-state index contributed by atoms with van der Waals surface area (Å²) in [5.74, 6) is -5.23. The van der Waals surface area contributed by atoms with Crippen LogP contribution in [0.1, 0.15) is 29.1 Å². The van der Waals surface area contributed by atoms with Gasteiger partial charge in [-0.05, 0) is 12.1 Å². The highest BCUT2D eigenvalue weighted by Crippen LogP contribution is 2.33. The number of carboxylic acids is 1. The van der Waals surface area contributed by atoms with Crippen LogP contribution in [0, 0.1) is 17.5 Å². The summed E-state index contributed by atoms with van der Waals surface area (Å²) >= 11 is 0.723. The second kappa shape index (κ2) is 11.2. The van der Waals surface area contributed by atoms with Crippen LogP contribution in [0.25, 0.3) is 16.6 Å². The van der Waals surface area contributed by atoms with Gasteiger partial charge in [0.25, 0.3) is 5.56 Å². The lowest BCUT2D eigenvalue weighted by Crippen LogP contribution is -2.34. The number of carboxylic acid groups (broad SMARTS) is 1. The fraction of sp³-hybridized carbons (Fsp3) is 0.208. The third-order valence-electron chi connectivity index (χ3n) is 5.07. The molecular formula is C24H21F3N2O7S. The predicted molar refractivity (Wildman–Crippen MR) is 130 cm³/mol. The first kappa shape index (κ1) is 27.3. The summed E-state index contributed by atoms with van der Waals surface area (Å²) < 4.78 is 59.0. The first-order valence-electron chi connectivity index (χ1n) is 10.7. The number of hydrogen-bond acceptors (Lipinski definition) is 7. The van der Waals surface area contributed by atoms with E-state index in [0.717, 1.165) is 29.5 Å². The van der Waals surface area contributed by atoms with Crippen LogP contribution in [-0.2, 0) is 6.61 Å². The maximum atomic E-state index is 15.0. The van der Waals surface area contributed by atoms with Gasteiger partial charge in [-0.1, -0.05) is 13.8 Å². The van der Waals surface area contributed by atoms with Gasteiger partial charge in [0.15, 0.2) is 29.0 Å². The largest absolute Gasteiger partial charge is 0.496 e. The Morgan fingerprint density at radius 1 is 1.03 bits per heavy atom. The molecule has 0 bridgehead atoms. The number of benzene rings is 2. The minimum absolute atomic E-state index is 0.0121. The van der Waals surface area contributed by atoms with E-state index in [1.165, 1.54) is 25.7 Å². The Bertz CT molecular complexity index is 1590. The number of aromatic carboxylic acids is 1. The predicted octanol–water partition coefficient (Wildman–Crippen LogP) is 4.48. The molecule has 0 aliphatic rings. The zero-order valence-corrected chi connectivity index (χ0v) is 20.8. The molecule has 2 aromatic heterocycles. The van der Waals surface area contributed by atoms with Crippen molar-refractivity contribution < 1.29 is 37.3 Å². The zero-order chi connectivity index (χ0) is 27.4. The van der Waals surface area contributed by atoms with E-state index in [0.29, 0.717) is 4.57 Å². The second-order valence-corrected chi connectivity index (χ2v) is 7.89. The molecule has 0 radical (unpaired) electrons. The minimum Gasteiger partial charge on any atom is -0.496 e. The molecule has 0 fully saturated rings. The number of nitrogens with one attached hydrogen (secondary N) is 1. The standard InChI is InChI=1S/C22H15F3N2O7S.C2H6/c1-32-14-4-3-10(23)18(25)9(14)7-34-16-6-13(11(24)5-15(16)33-2)27-20(28)17-12(26-22(27)31)8-35-19(17)21(29)30;1-2/h3-6,8H,7H2,1-2H3,(H,26,31)(H,29,30);1-2H3. The highest BCUT2D eigenvalue weighted by Gasteiger charge is 2.23. The Balaban J connectivity index is 0.00000186. The number of nitrogens with zero attached hydrogens (tertiary/aromatic N) is 1. The van der Waals surface area contributed by atoms with Crippen LogP contribution in [-0.4, -0.2) is 34.8 Å². The molecule has 0 amide bonds. The van der Waals surface area contributed by atoms with E-state index in [9.17, 15) is 32.7 Å². The number of aromatic amines is 1. The first-order chi connectivity index (χ1) is 17.7. The second-order valence-electron chi connectivity index (χ2n) is 7.01. The van der Waals surface area contributed by atoms with Gasteiger partial charge < -0.3 is 24.3 Å². The van der Waals surface area contributed by atoms with E-state index in [1.54, 1.807) is 0 Å². The SMILES string of the molecule is CC.COc1cc(F)c(-n2c(=O)[nH]c3csc(C(=O)O)c3c2=O)cc1OCc1c(OC)ccc(F)c1F. The van der Waals surface area contributed by atoms with Crippen molar-refractivity contribution in [3.8, 4) is 22.9 Å². The number of H-pyrrole nitrogens is 1. The third-order valence-corrected chi connectivity index (χ3v) is 6.03. The molecule has 2 aromatic carbocycles. The number of hydrogen-bond donors (Lipinski definition) is 2. The maximum absolute atomic E-state index is 15.0. The normalized spacial score (nSPS) is 10.6. The maximum Gasteiger partial charge on any atom is 0.346 e. The van der Waals surface area contributed by atoms with Crippen molar-refractivity contribution in [1.82, 2.24) is 9.55 Å². The summed E-state index contributed by atoms with van der Waals surface area (Å²) in [6, 6.07) is 3.84. The lowest BCUT2D eigenvalue weighted by molar-refractivity contribution is 0.0704. The Labute approximate surface area is 211 Å². The molecule has 0 unspecified atom stereocenters. The molecule has 2 N–H and O–H groups in total. The topological polar surface area (TPSA) is 120 Å². The average molecular weight is 539 g/mol. The minimum atomic E-state index is -1.40. The number of aromatic nitrogens is 2. The van der Waals surface area contributed by atoms with E-state index in [2.05, 4.69) is 4.98 Å². The molecular weight excluding hydrogens is 517 g/mol. The molecule has 0 atom stereocenters. The molecule has 9 nitrogen and oxygen atoms in total. The van der Waals surface area contributed by atoms with Gasteiger partial charge in [0.1, 0.15) is 17.2 Å². The molecule has 4 rings (SSSR count).